The molecule has 6 nitrogen and oxygen atoms in total. The van der Waals surface area contributed by atoms with E-state index in [1.165, 1.54) is 6.42 Å². The number of hydrogen-bond donors (Lipinski definition) is 0. The van der Waals surface area contributed by atoms with Crippen LogP contribution in [0.4, 0.5) is 0 Å². The van der Waals surface area contributed by atoms with Crippen molar-refractivity contribution in [3.8, 4) is 11.6 Å². The van der Waals surface area contributed by atoms with Gasteiger partial charge in [-0.1, -0.05) is 12.1 Å². The molecule has 1 unspecified atom stereocenters. The highest BCUT2D eigenvalue weighted by atomic mass is 16.5. The average molecular weight is 395 g/mol. The minimum Gasteiger partial charge on any atom is -0.437 e. The van der Waals surface area contributed by atoms with Gasteiger partial charge in [-0.05, 0) is 56.8 Å². The van der Waals surface area contributed by atoms with Crippen LogP contribution >= 0.6 is 0 Å². The fourth-order valence-electron chi connectivity index (χ4n) is 4.53. The van der Waals surface area contributed by atoms with Crippen molar-refractivity contribution in [3.05, 3.63) is 47.9 Å². The van der Waals surface area contributed by atoms with Gasteiger partial charge in [0.15, 0.2) is 0 Å². The highest BCUT2D eigenvalue weighted by Crippen LogP contribution is 2.30. The van der Waals surface area contributed by atoms with Gasteiger partial charge in [0.05, 0.1) is 11.9 Å². The Hall–Kier alpha value is -2.47. The molecule has 0 N–H and O–H groups in total. The third-order valence-electron chi connectivity index (χ3n) is 6.14. The predicted octanol–water partition coefficient (Wildman–Crippen LogP) is 3.77. The Labute approximate surface area is 172 Å². The van der Waals surface area contributed by atoms with Crippen LogP contribution in [0.25, 0.3) is 0 Å². The second-order valence-corrected chi connectivity index (χ2v) is 8.27. The summed E-state index contributed by atoms with van der Waals surface area (Å²) in [5.41, 5.74) is 2.17. The molecule has 0 bridgehead atoms. The van der Waals surface area contributed by atoms with Crippen LogP contribution in [0.2, 0.25) is 0 Å². The van der Waals surface area contributed by atoms with Crippen molar-refractivity contribution < 1.29 is 9.53 Å². The number of aromatic nitrogens is 2. The summed E-state index contributed by atoms with van der Waals surface area (Å²) in [7, 11) is 0. The first kappa shape index (κ1) is 19.8. The maximum Gasteiger partial charge on any atom is 0.238 e. The Morgan fingerprint density at radius 2 is 1.97 bits per heavy atom. The normalized spacial score (nSPS) is 21.2. The zero-order chi connectivity index (χ0) is 20.2. The van der Waals surface area contributed by atoms with Gasteiger partial charge in [0, 0.05) is 44.7 Å². The molecule has 0 spiro atoms. The fraction of sp³-hybridized carbons (Fsp3) is 0.522. The van der Waals surface area contributed by atoms with Crippen LogP contribution in [0.3, 0.4) is 0 Å². The van der Waals surface area contributed by atoms with E-state index in [0.717, 1.165) is 62.4 Å². The van der Waals surface area contributed by atoms with Crippen molar-refractivity contribution in [3.63, 3.8) is 0 Å². The van der Waals surface area contributed by atoms with Gasteiger partial charge in [-0.3, -0.25) is 14.7 Å². The average Bonchev–Trinajstić information content (AvgIpc) is 2.74. The van der Waals surface area contributed by atoms with Gasteiger partial charge < -0.3 is 9.64 Å². The number of rotatable bonds is 4. The third-order valence-corrected chi connectivity index (χ3v) is 6.14. The first-order chi connectivity index (χ1) is 14.1. The number of carbonyl (C=O) groups is 1. The lowest BCUT2D eigenvalue weighted by Crippen LogP contribution is -2.49. The van der Waals surface area contributed by atoms with Crippen LogP contribution in [-0.2, 0) is 4.79 Å². The molecule has 3 heterocycles. The summed E-state index contributed by atoms with van der Waals surface area (Å²) in [5, 5.41) is 0. The van der Waals surface area contributed by atoms with Crippen molar-refractivity contribution >= 4 is 5.91 Å². The second-order valence-electron chi connectivity index (χ2n) is 8.27. The summed E-state index contributed by atoms with van der Waals surface area (Å²) in [6.07, 6.45) is 8.00. The molecule has 2 saturated heterocycles. The van der Waals surface area contributed by atoms with E-state index >= 15 is 0 Å². The lowest BCUT2D eigenvalue weighted by atomic mass is 9.92. The molecule has 4 rings (SSSR count). The van der Waals surface area contributed by atoms with Gasteiger partial charge in [0.25, 0.3) is 0 Å². The number of benzene rings is 1. The SMILES string of the molecule is CC(=O)N1CCC(N2CCCC(c3cncc(Oc4cccc(C)c4)n3)C2)CC1. The molecule has 6 heteroatoms. The molecule has 0 aliphatic carbocycles. The van der Waals surface area contributed by atoms with Crippen molar-refractivity contribution in [2.24, 2.45) is 0 Å². The number of ether oxygens (including phenoxy) is 1. The van der Waals surface area contributed by atoms with E-state index in [-0.39, 0.29) is 5.91 Å². The highest BCUT2D eigenvalue weighted by Gasteiger charge is 2.30. The van der Waals surface area contributed by atoms with E-state index in [4.69, 9.17) is 9.72 Å². The summed E-state index contributed by atoms with van der Waals surface area (Å²) in [6.45, 7) is 7.61. The third kappa shape index (κ3) is 4.93. The topological polar surface area (TPSA) is 58.6 Å². The largest absolute Gasteiger partial charge is 0.437 e. The molecular weight excluding hydrogens is 364 g/mol. The van der Waals surface area contributed by atoms with E-state index in [1.54, 1.807) is 13.1 Å². The molecule has 1 amide bonds. The summed E-state index contributed by atoms with van der Waals surface area (Å²) < 4.78 is 5.94. The molecule has 0 saturated carbocycles. The van der Waals surface area contributed by atoms with Crippen LogP contribution in [0.1, 0.15) is 49.8 Å². The van der Waals surface area contributed by atoms with Gasteiger partial charge >= 0.3 is 0 Å². The van der Waals surface area contributed by atoms with Gasteiger partial charge in [-0.25, -0.2) is 4.98 Å². The molecule has 2 aliphatic rings. The minimum absolute atomic E-state index is 0.195. The number of likely N-dealkylation sites (tertiary alicyclic amines) is 2. The lowest BCUT2D eigenvalue weighted by Gasteiger charge is -2.42. The van der Waals surface area contributed by atoms with Crippen molar-refractivity contribution in [2.75, 3.05) is 26.2 Å². The Kier molecular flexibility index (Phi) is 6.09. The lowest BCUT2D eigenvalue weighted by molar-refractivity contribution is -0.130. The van der Waals surface area contributed by atoms with E-state index in [9.17, 15) is 4.79 Å². The Morgan fingerprint density at radius 3 is 2.72 bits per heavy atom. The van der Waals surface area contributed by atoms with Crippen LogP contribution in [0.5, 0.6) is 11.6 Å². The van der Waals surface area contributed by atoms with E-state index in [2.05, 4.69) is 9.88 Å². The standard InChI is InChI=1S/C23H30N4O2/c1-17-5-3-7-21(13-17)29-23-15-24-14-22(25-23)19-6-4-10-27(16-19)20-8-11-26(12-9-20)18(2)28/h3,5,7,13-15,19-20H,4,6,8-12,16H2,1-2H3. The van der Waals surface area contributed by atoms with Crippen molar-refractivity contribution in [1.82, 2.24) is 19.8 Å². The first-order valence-electron chi connectivity index (χ1n) is 10.6. The van der Waals surface area contributed by atoms with Gasteiger partial charge in [-0.2, -0.15) is 0 Å². The number of hydrogen-bond acceptors (Lipinski definition) is 5. The Morgan fingerprint density at radius 1 is 1.14 bits per heavy atom. The van der Waals surface area contributed by atoms with Crippen LogP contribution < -0.4 is 4.74 Å². The summed E-state index contributed by atoms with van der Waals surface area (Å²) in [5.74, 6) is 1.92. The quantitative estimate of drug-likeness (QED) is 0.790. The smallest absolute Gasteiger partial charge is 0.238 e. The minimum atomic E-state index is 0.195. The Bertz CT molecular complexity index is 848. The highest BCUT2D eigenvalue weighted by molar-refractivity contribution is 5.73. The van der Waals surface area contributed by atoms with E-state index in [1.807, 2.05) is 42.3 Å². The first-order valence-corrected chi connectivity index (χ1v) is 10.6. The van der Waals surface area contributed by atoms with Crippen LogP contribution in [-0.4, -0.2) is 57.9 Å². The number of nitrogens with zero attached hydrogens (tertiary/aromatic N) is 4. The van der Waals surface area contributed by atoms with Gasteiger partial charge in [0.2, 0.25) is 11.8 Å². The van der Waals surface area contributed by atoms with Crippen molar-refractivity contribution in [1.29, 1.82) is 0 Å². The molecule has 2 aromatic rings. The molecule has 1 atom stereocenters. The molecule has 2 fully saturated rings. The summed E-state index contributed by atoms with van der Waals surface area (Å²) in [6, 6.07) is 8.54. The molecule has 1 aromatic heterocycles. The summed E-state index contributed by atoms with van der Waals surface area (Å²) >= 11 is 0. The molecule has 0 radical (unpaired) electrons. The van der Waals surface area contributed by atoms with Crippen LogP contribution in [0.15, 0.2) is 36.7 Å². The molecule has 154 valence electrons. The predicted molar refractivity (Wildman–Crippen MR) is 112 cm³/mol. The zero-order valence-electron chi connectivity index (χ0n) is 17.4. The maximum atomic E-state index is 11.6. The molecule has 29 heavy (non-hydrogen) atoms. The number of amides is 1. The van der Waals surface area contributed by atoms with Gasteiger partial charge in [0.1, 0.15) is 5.75 Å². The van der Waals surface area contributed by atoms with Crippen molar-refractivity contribution in [2.45, 2.75) is 51.5 Å². The number of piperidine rings is 2. The molecular formula is C23H30N4O2. The van der Waals surface area contributed by atoms with E-state index in [0.29, 0.717) is 17.8 Å². The van der Waals surface area contributed by atoms with Gasteiger partial charge in [-0.15, -0.1) is 0 Å². The van der Waals surface area contributed by atoms with E-state index < -0.39 is 0 Å². The Balaban J connectivity index is 1.40. The summed E-state index contributed by atoms with van der Waals surface area (Å²) in [4.78, 5) is 25.3. The monoisotopic (exact) mass is 394 g/mol. The number of aryl methyl sites for hydroxylation is 1. The fourth-order valence-corrected chi connectivity index (χ4v) is 4.53. The second kappa shape index (κ2) is 8.91. The zero-order valence-corrected chi connectivity index (χ0v) is 17.4. The maximum absolute atomic E-state index is 11.6. The molecule has 2 aliphatic heterocycles. The number of carbonyl (C=O) groups excluding carboxylic acids is 1. The molecule has 1 aromatic carbocycles. The van der Waals surface area contributed by atoms with Crippen LogP contribution in [0, 0.1) is 6.92 Å².